The number of allylic oxidation sites excluding steroid dienone is 1. The molecule has 0 N–H and O–H groups in total. The quantitative estimate of drug-likeness (QED) is 0.701. The zero-order valence-electron chi connectivity index (χ0n) is 8.14. The summed E-state index contributed by atoms with van der Waals surface area (Å²) in [5, 5.41) is 0. The molecule has 2 aromatic rings. The predicted octanol–water partition coefficient (Wildman–Crippen LogP) is 2.91. The van der Waals surface area contributed by atoms with Crippen molar-refractivity contribution < 1.29 is 0 Å². The van der Waals surface area contributed by atoms with Crippen LogP contribution in [-0.4, -0.2) is 9.55 Å². The molecule has 0 spiro atoms. The van der Waals surface area contributed by atoms with E-state index in [0.717, 1.165) is 17.1 Å². The van der Waals surface area contributed by atoms with Crippen molar-refractivity contribution in [2.24, 2.45) is 0 Å². The summed E-state index contributed by atoms with van der Waals surface area (Å²) in [6.45, 7) is 5.86. The van der Waals surface area contributed by atoms with Crippen LogP contribution in [-0.2, 0) is 0 Å². The smallest absolute Gasteiger partial charge is 0.139 e. The van der Waals surface area contributed by atoms with E-state index < -0.39 is 0 Å². The van der Waals surface area contributed by atoms with Gasteiger partial charge in [-0.3, -0.25) is 0 Å². The second-order valence-electron chi connectivity index (χ2n) is 3.24. The Morgan fingerprint density at radius 3 is 2.64 bits per heavy atom. The molecule has 0 bridgehead atoms. The molecule has 70 valence electrons. The maximum Gasteiger partial charge on any atom is 0.139 e. The summed E-state index contributed by atoms with van der Waals surface area (Å²) in [5.41, 5.74) is 2.09. The molecular formula is C12H12N2. The van der Waals surface area contributed by atoms with Crippen molar-refractivity contribution in [2.75, 3.05) is 0 Å². The highest BCUT2D eigenvalue weighted by Gasteiger charge is 2.03. The number of aromatic nitrogens is 2. The summed E-state index contributed by atoms with van der Waals surface area (Å²) in [6.07, 6.45) is 3.73. The summed E-state index contributed by atoms with van der Waals surface area (Å²) in [5.74, 6) is 0.913. The highest BCUT2D eigenvalue weighted by atomic mass is 15.1. The van der Waals surface area contributed by atoms with Gasteiger partial charge in [0.15, 0.2) is 0 Å². The summed E-state index contributed by atoms with van der Waals surface area (Å²) >= 11 is 0. The lowest BCUT2D eigenvalue weighted by Crippen LogP contribution is -1.97. The first kappa shape index (κ1) is 8.75. The van der Waals surface area contributed by atoms with E-state index in [-0.39, 0.29) is 0 Å². The lowest BCUT2D eigenvalue weighted by Gasteiger charge is -2.06. The fraction of sp³-hybridized carbons (Fsp3) is 0.0833. The SMILES string of the molecule is C=C(C)c1nccn1-c1ccccc1. The van der Waals surface area contributed by atoms with Gasteiger partial charge in [0.05, 0.1) is 0 Å². The monoisotopic (exact) mass is 184 g/mol. The van der Waals surface area contributed by atoms with Crippen LogP contribution < -0.4 is 0 Å². The van der Waals surface area contributed by atoms with Crippen molar-refractivity contribution in [2.45, 2.75) is 6.92 Å². The Morgan fingerprint density at radius 1 is 1.29 bits per heavy atom. The van der Waals surface area contributed by atoms with Gasteiger partial charge >= 0.3 is 0 Å². The zero-order valence-corrected chi connectivity index (χ0v) is 8.14. The number of para-hydroxylation sites is 1. The summed E-state index contributed by atoms with van der Waals surface area (Å²) in [4.78, 5) is 4.26. The molecule has 0 unspecified atom stereocenters. The first-order valence-corrected chi connectivity index (χ1v) is 4.53. The highest BCUT2D eigenvalue weighted by Crippen LogP contribution is 2.15. The Kier molecular flexibility index (Phi) is 2.19. The first-order chi connectivity index (χ1) is 6.79. The van der Waals surface area contributed by atoms with Gasteiger partial charge < -0.3 is 4.57 Å². The van der Waals surface area contributed by atoms with Crippen molar-refractivity contribution in [3.05, 3.63) is 55.1 Å². The van der Waals surface area contributed by atoms with Crippen LogP contribution in [0.15, 0.2) is 49.3 Å². The molecule has 0 aliphatic rings. The van der Waals surface area contributed by atoms with Crippen LogP contribution in [0.5, 0.6) is 0 Å². The molecule has 14 heavy (non-hydrogen) atoms. The standard InChI is InChI=1S/C12H12N2/c1-10(2)12-13-8-9-14(12)11-6-4-3-5-7-11/h3-9H,1H2,2H3. The molecule has 1 aromatic carbocycles. The summed E-state index contributed by atoms with van der Waals surface area (Å²) < 4.78 is 2.03. The summed E-state index contributed by atoms with van der Waals surface area (Å²) in [7, 11) is 0. The van der Waals surface area contributed by atoms with Crippen molar-refractivity contribution >= 4 is 5.57 Å². The van der Waals surface area contributed by atoms with Crippen LogP contribution in [0, 0.1) is 0 Å². The molecule has 0 fully saturated rings. The Bertz CT molecular complexity index is 440. The van der Waals surface area contributed by atoms with E-state index in [4.69, 9.17) is 0 Å². The second-order valence-corrected chi connectivity index (χ2v) is 3.24. The van der Waals surface area contributed by atoms with Crippen LogP contribution in [0.2, 0.25) is 0 Å². The maximum atomic E-state index is 4.26. The van der Waals surface area contributed by atoms with E-state index in [2.05, 4.69) is 11.6 Å². The molecule has 0 radical (unpaired) electrons. The molecule has 0 aliphatic carbocycles. The van der Waals surface area contributed by atoms with E-state index >= 15 is 0 Å². The normalized spacial score (nSPS) is 10.1. The van der Waals surface area contributed by atoms with Crippen LogP contribution in [0.3, 0.4) is 0 Å². The minimum atomic E-state index is 0.913. The minimum absolute atomic E-state index is 0.913. The Balaban J connectivity index is 2.52. The van der Waals surface area contributed by atoms with Crippen molar-refractivity contribution in [1.82, 2.24) is 9.55 Å². The number of imidazole rings is 1. The molecule has 1 aromatic heterocycles. The van der Waals surface area contributed by atoms with E-state index in [1.165, 1.54) is 0 Å². The van der Waals surface area contributed by atoms with Crippen LogP contribution in [0.25, 0.3) is 11.3 Å². The van der Waals surface area contributed by atoms with Gasteiger partial charge in [-0.25, -0.2) is 4.98 Å². The van der Waals surface area contributed by atoms with Crippen LogP contribution in [0.1, 0.15) is 12.7 Å². The number of hydrogen-bond acceptors (Lipinski definition) is 1. The lowest BCUT2D eigenvalue weighted by molar-refractivity contribution is 1.02. The van der Waals surface area contributed by atoms with Gasteiger partial charge in [-0.1, -0.05) is 24.8 Å². The topological polar surface area (TPSA) is 17.8 Å². The van der Waals surface area contributed by atoms with Crippen molar-refractivity contribution in [3.63, 3.8) is 0 Å². The Morgan fingerprint density at radius 2 is 2.00 bits per heavy atom. The van der Waals surface area contributed by atoms with E-state index in [9.17, 15) is 0 Å². The first-order valence-electron chi connectivity index (χ1n) is 4.53. The Hall–Kier alpha value is -1.83. The highest BCUT2D eigenvalue weighted by molar-refractivity contribution is 5.57. The van der Waals surface area contributed by atoms with Gasteiger partial charge in [0, 0.05) is 18.1 Å². The number of benzene rings is 1. The number of rotatable bonds is 2. The predicted molar refractivity (Wildman–Crippen MR) is 58.3 cm³/mol. The van der Waals surface area contributed by atoms with Gasteiger partial charge in [0.1, 0.15) is 5.82 Å². The second kappa shape index (κ2) is 3.50. The molecule has 2 heteroatoms. The molecule has 0 saturated heterocycles. The average Bonchev–Trinajstić information content (AvgIpc) is 2.67. The minimum Gasteiger partial charge on any atom is -0.300 e. The fourth-order valence-corrected chi connectivity index (χ4v) is 1.42. The molecule has 0 atom stereocenters. The van der Waals surface area contributed by atoms with Gasteiger partial charge in [-0.15, -0.1) is 0 Å². The summed E-state index contributed by atoms with van der Waals surface area (Å²) in [6, 6.07) is 10.1. The third-order valence-electron chi connectivity index (χ3n) is 2.06. The zero-order chi connectivity index (χ0) is 9.97. The molecule has 0 amide bonds. The van der Waals surface area contributed by atoms with Crippen molar-refractivity contribution in [3.8, 4) is 5.69 Å². The number of hydrogen-bond donors (Lipinski definition) is 0. The third-order valence-corrected chi connectivity index (χ3v) is 2.06. The van der Waals surface area contributed by atoms with Crippen LogP contribution >= 0.6 is 0 Å². The molecule has 2 nitrogen and oxygen atoms in total. The molecule has 0 aliphatic heterocycles. The van der Waals surface area contributed by atoms with E-state index in [0.29, 0.717) is 0 Å². The lowest BCUT2D eigenvalue weighted by atomic mass is 10.3. The molecular weight excluding hydrogens is 172 g/mol. The van der Waals surface area contributed by atoms with E-state index in [1.54, 1.807) is 6.20 Å². The van der Waals surface area contributed by atoms with E-state index in [1.807, 2.05) is 48.0 Å². The molecule has 1 heterocycles. The average molecular weight is 184 g/mol. The van der Waals surface area contributed by atoms with Crippen LogP contribution in [0.4, 0.5) is 0 Å². The Labute approximate surface area is 83.5 Å². The molecule has 0 saturated carbocycles. The van der Waals surface area contributed by atoms with Gasteiger partial charge in [-0.05, 0) is 24.6 Å². The molecule has 2 rings (SSSR count). The maximum absolute atomic E-state index is 4.26. The fourth-order valence-electron chi connectivity index (χ4n) is 1.42. The third kappa shape index (κ3) is 1.46. The van der Waals surface area contributed by atoms with Crippen molar-refractivity contribution in [1.29, 1.82) is 0 Å². The number of nitrogens with zero attached hydrogens (tertiary/aromatic N) is 2. The van der Waals surface area contributed by atoms with Gasteiger partial charge in [-0.2, -0.15) is 0 Å². The largest absolute Gasteiger partial charge is 0.300 e. The van der Waals surface area contributed by atoms with Gasteiger partial charge in [0.25, 0.3) is 0 Å². The van der Waals surface area contributed by atoms with Gasteiger partial charge in [0.2, 0.25) is 0 Å².